The maximum atomic E-state index is 6.10. The van der Waals surface area contributed by atoms with Gasteiger partial charge in [0.05, 0.1) is 16.9 Å². The zero-order chi connectivity index (χ0) is 20.9. The van der Waals surface area contributed by atoms with Crippen molar-refractivity contribution in [3.63, 3.8) is 0 Å². The number of hydrazine groups is 1. The van der Waals surface area contributed by atoms with E-state index in [-0.39, 0.29) is 5.54 Å². The number of anilines is 1. The van der Waals surface area contributed by atoms with E-state index >= 15 is 0 Å². The number of amidine groups is 1. The van der Waals surface area contributed by atoms with Gasteiger partial charge in [-0.25, -0.2) is 10.4 Å². The van der Waals surface area contributed by atoms with Crippen molar-refractivity contribution in [2.75, 3.05) is 5.32 Å². The summed E-state index contributed by atoms with van der Waals surface area (Å²) in [5, 5.41) is 3.80. The summed E-state index contributed by atoms with van der Waals surface area (Å²) in [7, 11) is 0. The van der Waals surface area contributed by atoms with Crippen molar-refractivity contribution in [2.45, 2.75) is 44.2 Å². The van der Waals surface area contributed by atoms with Crippen molar-refractivity contribution in [1.82, 2.24) is 10.9 Å². The third-order valence-electron chi connectivity index (χ3n) is 6.10. The first-order valence-corrected chi connectivity index (χ1v) is 11.1. The first-order valence-electron chi connectivity index (χ1n) is 11.1. The molecule has 0 saturated heterocycles. The smallest absolute Gasteiger partial charge is 0.142 e. The number of benzene rings is 3. The Hall–Kier alpha value is -3.31. The third kappa shape index (κ3) is 4.28. The Morgan fingerprint density at radius 2 is 1.58 bits per heavy atom. The predicted octanol–water partition coefficient (Wildman–Crippen LogP) is 5.93. The highest BCUT2D eigenvalue weighted by molar-refractivity contribution is 6.00. The lowest BCUT2D eigenvalue weighted by Crippen LogP contribution is -2.57. The Bertz CT molecular complexity index is 1060. The molecule has 0 atom stereocenters. The Morgan fingerprint density at radius 1 is 0.839 bits per heavy atom. The molecule has 1 aliphatic heterocycles. The lowest BCUT2D eigenvalue weighted by Gasteiger charge is -2.42. The first-order chi connectivity index (χ1) is 15.3. The molecule has 3 aromatic rings. The Labute approximate surface area is 183 Å². The molecule has 1 fully saturated rings. The van der Waals surface area contributed by atoms with Gasteiger partial charge in [-0.2, -0.15) is 0 Å². The summed E-state index contributed by atoms with van der Waals surface area (Å²) >= 11 is 0. The van der Waals surface area contributed by atoms with Crippen molar-refractivity contribution in [3.05, 3.63) is 84.4 Å². The van der Waals surface area contributed by atoms with E-state index < -0.39 is 0 Å². The van der Waals surface area contributed by atoms with Gasteiger partial charge in [-0.15, -0.1) is 0 Å². The van der Waals surface area contributed by atoms with Crippen LogP contribution in [0.15, 0.2) is 83.9 Å². The average Bonchev–Trinajstić information content (AvgIpc) is 2.82. The molecule has 31 heavy (non-hydrogen) atoms. The summed E-state index contributed by atoms with van der Waals surface area (Å²) in [5.74, 6) is 2.67. The van der Waals surface area contributed by atoms with Crippen LogP contribution in [0.2, 0.25) is 0 Å². The Morgan fingerprint density at radius 3 is 2.45 bits per heavy atom. The van der Waals surface area contributed by atoms with Gasteiger partial charge < -0.3 is 15.5 Å². The van der Waals surface area contributed by atoms with Gasteiger partial charge in [-0.1, -0.05) is 67.8 Å². The van der Waals surface area contributed by atoms with Crippen molar-refractivity contribution < 1.29 is 4.74 Å². The van der Waals surface area contributed by atoms with Crippen LogP contribution < -0.4 is 20.9 Å². The van der Waals surface area contributed by atoms with Crippen molar-refractivity contribution in [2.24, 2.45) is 4.99 Å². The quantitative estimate of drug-likeness (QED) is 0.455. The van der Waals surface area contributed by atoms with Crippen LogP contribution in [0.5, 0.6) is 11.5 Å². The first kappa shape index (κ1) is 19.6. The van der Waals surface area contributed by atoms with E-state index in [1.807, 2.05) is 54.6 Å². The van der Waals surface area contributed by atoms with Crippen LogP contribution in [0.25, 0.3) is 0 Å². The second kappa shape index (κ2) is 8.82. The molecule has 3 N–H and O–H groups in total. The molecule has 1 spiro atoms. The molecule has 2 aliphatic rings. The molecule has 0 amide bonds. The molecule has 158 valence electrons. The highest BCUT2D eigenvalue weighted by Crippen LogP contribution is 2.40. The molecule has 3 aromatic carbocycles. The minimum absolute atomic E-state index is 0.125. The topological polar surface area (TPSA) is 57.7 Å². The van der Waals surface area contributed by atoms with Gasteiger partial charge in [0.1, 0.15) is 17.3 Å². The minimum atomic E-state index is -0.125. The van der Waals surface area contributed by atoms with Crippen LogP contribution >= 0.6 is 0 Å². The number of ether oxygens (including phenoxy) is 1. The number of nitrogens with one attached hydrogen (secondary N) is 3. The van der Waals surface area contributed by atoms with Gasteiger partial charge >= 0.3 is 0 Å². The molecule has 1 aliphatic carbocycles. The molecule has 5 nitrogen and oxygen atoms in total. The summed E-state index contributed by atoms with van der Waals surface area (Å²) < 4.78 is 6.10. The van der Waals surface area contributed by atoms with E-state index in [0.29, 0.717) is 6.54 Å². The number of para-hydroxylation sites is 4. The molecule has 0 aromatic heterocycles. The van der Waals surface area contributed by atoms with Crippen LogP contribution in [-0.2, 0) is 6.54 Å². The second-order valence-corrected chi connectivity index (χ2v) is 8.25. The molecule has 0 unspecified atom stereocenters. The maximum absolute atomic E-state index is 6.10. The molecule has 1 heterocycles. The van der Waals surface area contributed by atoms with Crippen LogP contribution in [0, 0.1) is 0 Å². The van der Waals surface area contributed by atoms with Crippen LogP contribution in [0.3, 0.4) is 0 Å². The summed E-state index contributed by atoms with van der Waals surface area (Å²) in [6.45, 7) is 0.625. The maximum Gasteiger partial charge on any atom is 0.142 e. The van der Waals surface area contributed by atoms with Gasteiger partial charge in [0, 0.05) is 12.1 Å². The highest BCUT2D eigenvalue weighted by Gasteiger charge is 2.40. The van der Waals surface area contributed by atoms with Crippen molar-refractivity contribution >= 4 is 17.2 Å². The largest absolute Gasteiger partial charge is 0.457 e. The normalized spacial score (nSPS) is 16.7. The number of fused-ring (bicyclic) bond motifs is 1. The molecular formula is C26H28N4O. The fraction of sp³-hybridized carbons (Fsp3) is 0.269. The number of aliphatic imine (C=N–C) groups is 1. The lowest BCUT2D eigenvalue weighted by atomic mass is 9.79. The van der Waals surface area contributed by atoms with E-state index in [4.69, 9.17) is 9.73 Å². The van der Waals surface area contributed by atoms with Gasteiger partial charge in [0.15, 0.2) is 0 Å². The lowest BCUT2D eigenvalue weighted by molar-refractivity contribution is 0.391. The van der Waals surface area contributed by atoms with Crippen LogP contribution in [0.4, 0.5) is 11.4 Å². The minimum Gasteiger partial charge on any atom is -0.457 e. The number of hydrogen-bond donors (Lipinski definition) is 3. The number of hydrogen-bond acceptors (Lipinski definition) is 5. The van der Waals surface area contributed by atoms with Crippen molar-refractivity contribution in [1.29, 1.82) is 0 Å². The highest BCUT2D eigenvalue weighted by atomic mass is 16.5. The summed E-state index contributed by atoms with van der Waals surface area (Å²) in [6.07, 6.45) is 5.88. The summed E-state index contributed by atoms with van der Waals surface area (Å²) in [6, 6.07) is 26.3. The van der Waals surface area contributed by atoms with Gasteiger partial charge in [0.25, 0.3) is 0 Å². The van der Waals surface area contributed by atoms with E-state index in [9.17, 15) is 0 Å². The van der Waals surface area contributed by atoms with E-state index in [1.165, 1.54) is 19.3 Å². The third-order valence-corrected chi connectivity index (χ3v) is 6.10. The zero-order valence-corrected chi connectivity index (χ0v) is 17.6. The average molecular weight is 413 g/mol. The second-order valence-electron chi connectivity index (χ2n) is 8.25. The fourth-order valence-corrected chi connectivity index (χ4v) is 4.47. The Kier molecular flexibility index (Phi) is 5.59. The van der Waals surface area contributed by atoms with E-state index in [1.54, 1.807) is 0 Å². The van der Waals surface area contributed by atoms with Gasteiger partial charge in [0.2, 0.25) is 0 Å². The van der Waals surface area contributed by atoms with Gasteiger partial charge in [-0.3, -0.25) is 0 Å². The number of rotatable bonds is 5. The molecule has 1 saturated carbocycles. The molecule has 5 rings (SSSR count). The van der Waals surface area contributed by atoms with Crippen LogP contribution in [0.1, 0.15) is 37.7 Å². The van der Waals surface area contributed by atoms with E-state index in [0.717, 1.165) is 47.1 Å². The predicted molar refractivity (Wildman–Crippen MR) is 126 cm³/mol. The monoisotopic (exact) mass is 412 g/mol. The Balaban J connectivity index is 1.32. The molecule has 0 radical (unpaired) electrons. The molecular weight excluding hydrogens is 384 g/mol. The van der Waals surface area contributed by atoms with Crippen LogP contribution in [-0.4, -0.2) is 11.4 Å². The van der Waals surface area contributed by atoms with Crippen molar-refractivity contribution in [3.8, 4) is 11.5 Å². The summed E-state index contributed by atoms with van der Waals surface area (Å²) in [5.41, 5.74) is 9.91. The van der Waals surface area contributed by atoms with E-state index in [2.05, 4.69) is 40.4 Å². The number of nitrogens with zero attached hydrogens (tertiary/aromatic N) is 1. The fourth-order valence-electron chi connectivity index (χ4n) is 4.47. The SMILES string of the molecule is c1ccc(Oc2ccccc2CNNC2=Nc3ccccc3NC23CCCCC3)cc1. The standard InChI is InChI=1S/C26H28N4O/c1-3-12-21(13-4-1)31-24-16-8-5-11-20(24)19-27-30-25-26(17-9-2-10-18-26)29-23-15-7-6-14-22(23)28-25/h1,3-8,11-16,27,29H,2,9-10,17-19H2,(H,28,30). The summed E-state index contributed by atoms with van der Waals surface area (Å²) in [4.78, 5) is 4.99. The zero-order valence-electron chi connectivity index (χ0n) is 17.6. The molecule has 5 heteroatoms. The van der Waals surface area contributed by atoms with Gasteiger partial charge in [-0.05, 0) is 43.2 Å². The molecule has 0 bridgehead atoms.